The summed E-state index contributed by atoms with van der Waals surface area (Å²) in [5.74, 6) is -0.0296. The summed E-state index contributed by atoms with van der Waals surface area (Å²) in [4.78, 5) is 0. The third-order valence-corrected chi connectivity index (χ3v) is 1.66. The summed E-state index contributed by atoms with van der Waals surface area (Å²) in [6, 6.07) is 2.70. The number of fused-ring (bicyclic) bond motifs is 1. The van der Waals surface area contributed by atoms with Crippen LogP contribution in [0.1, 0.15) is 0 Å². The Balaban J connectivity index is 2.93. The molecule has 1 aromatic carbocycles. The minimum absolute atomic E-state index is 0.0134. The first-order valence-corrected chi connectivity index (χ1v) is 3.40. The summed E-state index contributed by atoms with van der Waals surface area (Å²) in [7, 11) is 1.67. The fourth-order valence-corrected chi connectivity index (χ4v) is 1.16. The van der Waals surface area contributed by atoms with E-state index in [1.807, 2.05) is 0 Å². The van der Waals surface area contributed by atoms with E-state index in [1.54, 1.807) is 7.05 Å². The van der Waals surface area contributed by atoms with Gasteiger partial charge in [-0.3, -0.25) is 0 Å². The Kier molecular flexibility index (Phi) is 1.21. The number of hydrogen-bond acceptors (Lipinski definition) is 4. The number of phenolic OH excluding ortho intramolecular Hbond substituents is 2. The van der Waals surface area contributed by atoms with E-state index in [1.165, 1.54) is 16.8 Å². The second-order valence-corrected chi connectivity index (χ2v) is 2.55. The fourth-order valence-electron chi connectivity index (χ4n) is 1.16. The number of rotatable bonds is 0. The first-order chi connectivity index (χ1) is 5.68. The molecule has 62 valence electrons. The quantitative estimate of drug-likeness (QED) is 0.592. The molecule has 5 nitrogen and oxygen atoms in total. The fraction of sp³-hybridized carbons (Fsp3) is 0.143. The van der Waals surface area contributed by atoms with Crippen molar-refractivity contribution in [2.75, 3.05) is 0 Å². The number of aromatic nitrogens is 3. The van der Waals surface area contributed by atoms with Crippen molar-refractivity contribution >= 4 is 11.0 Å². The number of phenols is 2. The molecule has 0 saturated carbocycles. The lowest BCUT2D eigenvalue weighted by Crippen LogP contribution is -1.89. The Morgan fingerprint density at radius 3 is 2.83 bits per heavy atom. The zero-order valence-electron chi connectivity index (χ0n) is 6.39. The van der Waals surface area contributed by atoms with Crippen molar-refractivity contribution in [1.82, 2.24) is 15.0 Å². The molecule has 0 aliphatic carbocycles. The number of benzene rings is 1. The number of hydrogen-bond donors (Lipinski definition) is 2. The molecule has 0 fully saturated rings. The average Bonchev–Trinajstić information content (AvgIpc) is 2.31. The first kappa shape index (κ1) is 6.90. The van der Waals surface area contributed by atoms with Crippen molar-refractivity contribution in [3.8, 4) is 11.5 Å². The van der Waals surface area contributed by atoms with Crippen molar-refractivity contribution in [2.24, 2.45) is 7.05 Å². The second-order valence-electron chi connectivity index (χ2n) is 2.55. The predicted molar refractivity (Wildman–Crippen MR) is 41.8 cm³/mol. The molecule has 0 aliphatic rings. The van der Waals surface area contributed by atoms with Gasteiger partial charge >= 0.3 is 0 Å². The summed E-state index contributed by atoms with van der Waals surface area (Å²) < 4.78 is 1.45. The minimum atomic E-state index is -0.0162. The first-order valence-electron chi connectivity index (χ1n) is 3.40. The summed E-state index contributed by atoms with van der Waals surface area (Å²) in [6.45, 7) is 0. The van der Waals surface area contributed by atoms with Crippen LogP contribution in [0.25, 0.3) is 11.0 Å². The SMILES string of the molecule is Cn1nnc2cc(O)cc(O)c21. The van der Waals surface area contributed by atoms with Crippen LogP contribution in [0.3, 0.4) is 0 Å². The van der Waals surface area contributed by atoms with E-state index < -0.39 is 0 Å². The molecule has 0 bridgehead atoms. The molecule has 2 N–H and O–H groups in total. The highest BCUT2D eigenvalue weighted by Crippen LogP contribution is 2.27. The van der Waals surface area contributed by atoms with Gasteiger partial charge in [-0.2, -0.15) is 0 Å². The predicted octanol–water partition coefficient (Wildman–Crippen LogP) is 0.379. The van der Waals surface area contributed by atoms with Gasteiger partial charge in [0, 0.05) is 19.2 Å². The van der Waals surface area contributed by atoms with Crippen LogP contribution in [0.2, 0.25) is 0 Å². The average molecular weight is 165 g/mol. The molecule has 5 heteroatoms. The van der Waals surface area contributed by atoms with Crippen LogP contribution in [-0.2, 0) is 7.05 Å². The van der Waals surface area contributed by atoms with E-state index in [9.17, 15) is 5.11 Å². The maximum Gasteiger partial charge on any atom is 0.146 e. The smallest absolute Gasteiger partial charge is 0.146 e. The van der Waals surface area contributed by atoms with Gasteiger partial charge in [-0.05, 0) is 0 Å². The highest BCUT2D eigenvalue weighted by molar-refractivity contribution is 5.82. The van der Waals surface area contributed by atoms with Crippen molar-refractivity contribution in [1.29, 1.82) is 0 Å². The second kappa shape index (κ2) is 2.10. The summed E-state index contributed by atoms with van der Waals surface area (Å²) in [6.07, 6.45) is 0. The zero-order valence-corrected chi connectivity index (χ0v) is 6.39. The van der Waals surface area contributed by atoms with Crippen LogP contribution in [0.4, 0.5) is 0 Å². The number of aromatic hydroxyl groups is 2. The molecule has 0 aliphatic heterocycles. The van der Waals surface area contributed by atoms with Crippen LogP contribution in [0.5, 0.6) is 11.5 Å². The normalized spacial score (nSPS) is 10.8. The van der Waals surface area contributed by atoms with E-state index in [4.69, 9.17) is 5.11 Å². The largest absolute Gasteiger partial charge is 0.508 e. The molecular weight excluding hydrogens is 158 g/mol. The maximum absolute atomic E-state index is 9.36. The van der Waals surface area contributed by atoms with Gasteiger partial charge in [0.15, 0.2) is 0 Å². The molecule has 0 atom stereocenters. The Hall–Kier alpha value is -1.78. The van der Waals surface area contributed by atoms with Crippen LogP contribution < -0.4 is 0 Å². The maximum atomic E-state index is 9.36. The van der Waals surface area contributed by atoms with Gasteiger partial charge in [0.2, 0.25) is 0 Å². The van der Waals surface area contributed by atoms with Gasteiger partial charge in [-0.1, -0.05) is 5.21 Å². The van der Waals surface area contributed by atoms with E-state index >= 15 is 0 Å². The van der Waals surface area contributed by atoms with Crippen molar-refractivity contribution in [3.63, 3.8) is 0 Å². The number of aryl methyl sites for hydroxylation is 1. The van der Waals surface area contributed by atoms with Crippen molar-refractivity contribution < 1.29 is 10.2 Å². The van der Waals surface area contributed by atoms with Crippen molar-refractivity contribution in [3.05, 3.63) is 12.1 Å². The van der Waals surface area contributed by atoms with Crippen molar-refractivity contribution in [2.45, 2.75) is 0 Å². The zero-order chi connectivity index (χ0) is 8.72. The molecule has 0 amide bonds. The molecule has 0 radical (unpaired) electrons. The Morgan fingerprint density at radius 2 is 2.08 bits per heavy atom. The topological polar surface area (TPSA) is 71.2 Å². The Labute approximate surface area is 67.9 Å². The van der Waals surface area contributed by atoms with Gasteiger partial charge < -0.3 is 10.2 Å². The highest BCUT2D eigenvalue weighted by atomic mass is 16.3. The Morgan fingerprint density at radius 1 is 1.33 bits per heavy atom. The van der Waals surface area contributed by atoms with Crippen LogP contribution in [-0.4, -0.2) is 25.2 Å². The standard InChI is InChI=1S/C7H7N3O2/c1-10-7-5(8-9-10)2-4(11)3-6(7)12/h2-3,11-12H,1H3. The van der Waals surface area contributed by atoms with E-state index in [0.29, 0.717) is 11.0 Å². The molecule has 2 aromatic rings. The third kappa shape index (κ3) is 0.795. The molecule has 1 heterocycles. The van der Waals surface area contributed by atoms with Crippen LogP contribution >= 0.6 is 0 Å². The third-order valence-electron chi connectivity index (χ3n) is 1.66. The lowest BCUT2D eigenvalue weighted by atomic mass is 10.3. The van der Waals surface area contributed by atoms with E-state index in [2.05, 4.69) is 10.3 Å². The molecule has 1 aromatic heterocycles. The van der Waals surface area contributed by atoms with Gasteiger partial charge in [-0.25, -0.2) is 4.68 Å². The van der Waals surface area contributed by atoms with E-state index in [0.717, 1.165) is 0 Å². The van der Waals surface area contributed by atoms with Crippen LogP contribution in [0, 0.1) is 0 Å². The summed E-state index contributed by atoms with van der Waals surface area (Å²) in [5.41, 5.74) is 1.00. The highest BCUT2D eigenvalue weighted by Gasteiger charge is 2.07. The lowest BCUT2D eigenvalue weighted by molar-refractivity contribution is 0.453. The molecule has 12 heavy (non-hydrogen) atoms. The molecule has 0 unspecified atom stereocenters. The summed E-state index contributed by atoms with van der Waals surface area (Å²) >= 11 is 0. The molecule has 0 spiro atoms. The monoisotopic (exact) mass is 165 g/mol. The molecule has 0 saturated heterocycles. The number of nitrogens with zero attached hydrogens (tertiary/aromatic N) is 3. The molecule has 2 rings (SSSR count). The minimum Gasteiger partial charge on any atom is -0.508 e. The van der Waals surface area contributed by atoms with Gasteiger partial charge in [0.1, 0.15) is 22.5 Å². The lowest BCUT2D eigenvalue weighted by Gasteiger charge is -1.96. The summed E-state index contributed by atoms with van der Waals surface area (Å²) in [5, 5.41) is 25.9. The van der Waals surface area contributed by atoms with Gasteiger partial charge in [0.05, 0.1) is 0 Å². The molecular formula is C7H7N3O2. The van der Waals surface area contributed by atoms with Gasteiger partial charge in [0.25, 0.3) is 0 Å². The van der Waals surface area contributed by atoms with Crippen LogP contribution in [0.15, 0.2) is 12.1 Å². The Bertz CT molecular complexity index is 435. The van der Waals surface area contributed by atoms with Gasteiger partial charge in [-0.15, -0.1) is 5.10 Å². The van der Waals surface area contributed by atoms with E-state index in [-0.39, 0.29) is 11.5 Å².